The quantitative estimate of drug-likeness (QED) is 0.895. The summed E-state index contributed by atoms with van der Waals surface area (Å²) in [6.45, 7) is 0. The predicted octanol–water partition coefficient (Wildman–Crippen LogP) is 2.53. The summed E-state index contributed by atoms with van der Waals surface area (Å²) in [6, 6.07) is 5.65. The molecule has 5 nitrogen and oxygen atoms in total. The third-order valence-electron chi connectivity index (χ3n) is 3.80. The number of halogens is 1. The molecular weight excluding hydrogens is 275 g/mol. The summed E-state index contributed by atoms with van der Waals surface area (Å²) in [7, 11) is 0. The number of nitrogens with one attached hydrogen (secondary N) is 1. The van der Waals surface area contributed by atoms with Crippen molar-refractivity contribution >= 4 is 17.6 Å². The van der Waals surface area contributed by atoms with Gasteiger partial charge >= 0.3 is 5.97 Å². The highest BCUT2D eigenvalue weighted by Gasteiger charge is 2.35. The third-order valence-corrected chi connectivity index (χ3v) is 3.80. The van der Waals surface area contributed by atoms with Crippen LogP contribution in [0.5, 0.6) is 0 Å². The number of carboxylic acids is 1. The van der Waals surface area contributed by atoms with Crippen LogP contribution in [0.3, 0.4) is 0 Å². The minimum absolute atomic E-state index is 0.0808. The Balaban J connectivity index is 2.20. The maximum atomic E-state index is 13.5. The number of anilines is 1. The van der Waals surface area contributed by atoms with Crippen LogP contribution in [-0.2, 0) is 9.59 Å². The van der Waals surface area contributed by atoms with Gasteiger partial charge in [-0.15, -0.1) is 0 Å². The van der Waals surface area contributed by atoms with E-state index in [-0.39, 0.29) is 11.3 Å². The first kappa shape index (κ1) is 15.0. The first-order valence-corrected chi connectivity index (χ1v) is 6.77. The Hall–Kier alpha value is -2.42. The normalized spacial score (nSPS) is 21.3. The number of rotatable bonds is 3. The van der Waals surface area contributed by atoms with E-state index in [0.717, 1.165) is 18.9 Å². The highest BCUT2D eigenvalue weighted by molar-refractivity contribution is 5.96. The Kier molecular flexibility index (Phi) is 4.53. The molecule has 1 aliphatic carbocycles. The largest absolute Gasteiger partial charge is 0.481 e. The van der Waals surface area contributed by atoms with Gasteiger partial charge in [-0.3, -0.25) is 9.59 Å². The summed E-state index contributed by atoms with van der Waals surface area (Å²) in [5.74, 6) is -3.54. The molecule has 2 rings (SSSR count). The van der Waals surface area contributed by atoms with Crippen molar-refractivity contribution in [2.75, 3.05) is 5.32 Å². The van der Waals surface area contributed by atoms with Crippen LogP contribution in [0.1, 0.15) is 31.2 Å². The van der Waals surface area contributed by atoms with Crippen LogP contribution in [0, 0.1) is 29.0 Å². The highest BCUT2D eigenvalue weighted by Crippen LogP contribution is 2.31. The number of aliphatic carboxylic acids is 1. The maximum absolute atomic E-state index is 13.5. The topological polar surface area (TPSA) is 90.2 Å². The molecule has 0 aliphatic heterocycles. The number of hydrogen-bond acceptors (Lipinski definition) is 3. The minimum Gasteiger partial charge on any atom is -0.481 e. The van der Waals surface area contributed by atoms with Gasteiger partial charge in [-0.2, -0.15) is 5.26 Å². The number of hydrogen-bond donors (Lipinski definition) is 2. The lowest BCUT2D eigenvalue weighted by molar-refractivity contribution is -0.147. The van der Waals surface area contributed by atoms with Gasteiger partial charge in [0.25, 0.3) is 0 Å². The van der Waals surface area contributed by atoms with Crippen LogP contribution < -0.4 is 5.32 Å². The molecule has 0 saturated heterocycles. The van der Waals surface area contributed by atoms with Crippen molar-refractivity contribution in [1.29, 1.82) is 5.26 Å². The van der Waals surface area contributed by atoms with E-state index >= 15 is 0 Å². The van der Waals surface area contributed by atoms with Crippen molar-refractivity contribution in [3.63, 3.8) is 0 Å². The summed E-state index contributed by atoms with van der Waals surface area (Å²) in [4.78, 5) is 23.5. The summed E-state index contributed by atoms with van der Waals surface area (Å²) in [5, 5.41) is 20.6. The number of amides is 1. The fourth-order valence-corrected chi connectivity index (χ4v) is 2.71. The Morgan fingerprint density at radius 2 is 1.95 bits per heavy atom. The Morgan fingerprint density at radius 1 is 1.29 bits per heavy atom. The Labute approximate surface area is 121 Å². The van der Waals surface area contributed by atoms with Gasteiger partial charge in [-0.1, -0.05) is 18.9 Å². The van der Waals surface area contributed by atoms with Crippen molar-refractivity contribution < 1.29 is 19.1 Å². The zero-order valence-electron chi connectivity index (χ0n) is 11.3. The standard InChI is InChI=1S/C15H15FN2O3/c16-12-6-3-7-13(11(12)8-17)18-14(19)9-4-1-2-5-10(9)15(20)21/h3,6-7,9-10H,1-2,4-5H2,(H,18,19)(H,20,21)/t9-,10+/m1/s1. The molecule has 2 atom stereocenters. The second kappa shape index (κ2) is 6.35. The molecule has 1 aliphatic rings. The van der Waals surface area contributed by atoms with Crippen LogP contribution >= 0.6 is 0 Å². The predicted molar refractivity (Wildman–Crippen MR) is 72.8 cm³/mol. The van der Waals surface area contributed by atoms with E-state index in [0.29, 0.717) is 12.8 Å². The van der Waals surface area contributed by atoms with Gasteiger partial charge in [0.05, 0.1) is 17.5 Å². The smallest absolute Gasteiger partial charge is 0.307 e. The highest BCUT2D eigenvalue weighted by atomic mass is 19.1. The van der Waals surface area contributed by atoms with Crippen molar-refractivity contribution in [2.45, 2.75) is 25.7 Å². The molecule has 0 unspecified atom stereocenters. The zero-order chi connectivity index (χ0) is 15.4. The molecule has 1 fully saturated rings. The molecular formula is C15H15FN2O3. The average Bonchev–Trinajstić information content (AvgIpc) is 2.47. The molecule has 110 valence electrons. The van der Waals surface area contributed by atoms with Gasteiger partial charge in [0, 0.05) is 0 Å². The SMILES string of the molecule is N#Cc1c(F)cccc1NC(=O)[C@@H]1CCCC[C@@H]1C(=O)O. The van der Waals surface area contributed by atoms with Crippen LogP contribution in [-0.4, -0.2) is 17.0 Å². The van der Waals surface area contributed by atoms with Gasteiger partial charge in [0.15, 0.2) is 0 Å². The molecule has 1 amide bonds. The van der Waals surface area contributed by atoms with Gasteiger partial charge in [0.2, 0.25) is 5.91 Å². The molecule has 6 heteroatoms. The van der Waals surface area contributed by atoms with E-state index in [1.807, 2.05) is 0 Å². The molecule has 2 N–H and O–H groups in total. The fraction of sp³-hybridized carbons (Fsp3) is 0.400. The average molecular weight is 290 g/mol. The fourth-order valence-electron chi connectivity index (χ4n) is 2.71. The minimum atomic E-state index is -0.991. The molecule has 1 aromatic rings. The van der Waals surface area contributed by atoms with Gasteiger partial charge in [-0.05, 0) is 25.0 Å². The number of nitriles is 1. The Morgan fingerprint density at radius 3 is 2.57 bits per heavy atom. The van der Waals surface area contributed by atoms with E-state index in [1.54, 1.807) is 6.07 Å². The van der Waals surface area contributed by atoms with E-state index < -0.39 is 29.5 Å². The van der Waals surface area contributed by atoms with Crippen LogP contribution in [0.15, 0.2) is 18.2 Å². The number of nitrogens with zero attached hydrogens (tertiary/aromatic N) is 1. The van der Waals surface area contributed by atoms with E-state index in [2.05, 4.69) is 5.32 Å². The van der Waals surface area contributed by atoms with E-state index in [9.17, 15) is 19.1 Å². The lowest BCUT2D eigenvalue weighted by atomic mass is 9.78. The summed E-state index contributed by atoms with van der Waals surface area (Å²) >= 11 is 0. The second-order valence-electron chi connectivity index (χ2n) is 5.10. The van der Waals surface area contributed by atoms with Crippen LogP contribution in [0.25, 0.3) is 0 Å². The molecule has 21 heavy (non-hydrogen) atoms. The summed E-state index contributed by atoms with van der Waals surface area (Å²) in [6.07, 6.45) is 2.52. The van der Waals surface area contributed by atoms with Crippen LogP contribution in [0.4, 0.5) is 10.1 Å². The second-order valence-corrected chi connectivity index (χ2v) is 5.10. The van der Waals surface area contributed by atoms with E-state index in [1.165, 1.54) is 12.1 Å². The Bertz CT molecular complexity index is 609. The third kappa shape index (κ3) is 3.19. The van der Waals surface area contributed by atoms with Gasteiger partial charge in [-0.25, -0.2) is 4.39 Å². The van der Waals surface area contributed by atoms with Crippen molar-refractivity contribution in [1.82, 2.24) is 0 Å². The summed E-state index contributed by atoms with van der Waals surface area (Å²) < 4.78 is 13.5. The lowest BCUT2D eigenvalue weighted by Crippen LogP contribution is -2.36. The number of carbonyl (C=O) groups is 2. The number of benzene rings is 1. The molecule has 1 saturated carbocycles. The molecule has 0 heterocycles. The van der Waals surface area contributed by atoms with Crippen molar-refractivity contribution in [2.24, 2.45) is 11.8 Å². The maximum Gasteiger partial charge on any atom is 0.307 e. The van der Waals surface area contributed by atoms with Crippen LogP contribution in [0.2, 0.25) is 0 Å². The molecule has 0 radical (unpaired) electrons. The van der Waals surface area contributed by atoms with Crippen molar-refractivity contribution in [3.05, 3.63) is 29.6 Å². The van der Waals surface area contributed by atoms with Crippen molar-refractivity contribution in [3.8, 4) is 6.07 Å². The van der Waals surface area contributed by atoms with E-state index in [4.69, 9.17) is 5.26 Å². The first-order chi connectivity index (χ1) is 10.0. The number of carboxylic acid groups (broad SMARTS) is 1. The van der Waals surface area contributed by atoms with Gasteiger partial charge in [0.1, 0.15) is 17.4 Å². The zero-order valence-corrected chi connectivity index (χ0v) is 11.3. The monoisotopic (exact) mass is 290 g/mol. The molecule has 0 aromatic heterocycles. The molecule has 0 spiro atoms. The summed E-state index contributed by atoms with van der Waals surface area (Å²) in [5.41, 5.74) is -0.161. The van der Waals surface area contributed by atoms with Gasteiger partial charge < -0.3 is 10.4 Å². The molecule has 0 bridgehead atoms. The molecule has 1 aromatic carbocycles. The lowest BCUT2D eigenvalue weighted by Gasteiger charge is -2.27. The first-order valence-electron chi connectivity index (χ1n) is 6.77. The number of carbonyl (C=O) groups excluding carboxylic acids is 1.